The normalized spacial score (nSPS) is 12.3. The van der Waals surface area contributed by atoms with Crippen molar-refractivity contribution >= 4 is 5.82 Å². The van der Waals surface area contributed by atoms with Gasteiger partial charge < -0.3 is 0 Å². The van der Waals surface area contributed by atoms with Crippen molar-refractivity contribution in [2.24, 2.45) is 5.92 Å². The van der Waals surface area contributed by atoms with Crippen LogP contribution in [0.25, 0.3) is 0 Å². The molecule has 0 aliphatic rings. The Labute approximate surface area is 170 Å². The largest absolute Gasteiger partial charge is 0.276 e. The van der Waals surface area contributed by atoms with Gasteiger partial charge in [0.05, 0.1) is 25.8 Å². The van der Waals surface area contributed by atoms with E-state index in [0.29, 0.717) is 0 Å². The Morgan fingerprint density at radius 2 is 1.41 bits per heavy atom. The quantitative estimate of drug-likeness (QED) is 0.207. The lowest BCUT2D eigenvalue weighted by Crippen LogP contribution is -2.45. The molecule has 0 saturated heterocycles. The van der Waals surface area contributed by atoms with Crippen LogP contribution in [0, 0.1) is 5.92 Å². The number of pyridine rings is 1. The van der Waals surface area contributed by atoms with E-state index in [9.17, 15) is 0 Å². The predicted molar refractivity (Wildman–Crippen MR) is 120 cm³/mol. The van der Waals surface area contributed by atoms with Gasteiger partial charge in [-0.15, -0.1) is 0 Å². The summed E-state index contributed by atoms with van der Waals surface area (Å²) in [7, 11) is 0. The van der Waals surface area contributed by atoms with E-state index in [1.807, 2.05) is 0 Å². The van der Waals surface area contributed by atoms with E-state index in [4.69, 9.17) is 0 Å². The van der Waals surface area contributed by atoms with Crippen LogP contribution in [-0.4, -0.2) is 13.1 Å². The second-order valence-corrected chi connectivity index (χ2v) is 8.24. The first-order chi connectivity index (χ1) is 13.3. The van der Waals surface area contributed by atoms with Gasteiger partial charge in [-0.1, -0.05) is 72.3 Å². The van der Waals surface area contributed by atoms with Gasteiger partial charge in [0.25, 0.3) is 5.82 Å². The summed E-state index contributed by atoms with van der Waals surface area (Å²) in [5, 5.41) is 0. The molecule has 1 aromatic heterocycles. The second kappa shape index (κ2) is 16.0. The summed E-state index contributed by atoms with van der Waals surface area (Å²) in [5.41, 5.74) is 0. The van der Waals surface area contributed by atoms with Crippen molar-refractivity contribution in [2.75, 3.05) is 18.0 Å². The van der Waals surface area contributed by atoms with E-state index in [1.165, 1.54) is 103 Å². The Morgan fingerprint density at radius 1 is 0.778 bits per heavy atom. The van der Waals surface area contributed by atoms with Gasteiger partial charge in [-0.3, -0.25) is 4.90 Å². The molecule has 2 nitrogen and oxygen atoms in total. The molecule has 2 heteroatoms. The smallest absolute Gasteiger partial charge is 0.262 e. The van der Waals surface area contributed by atoms with Gasteiger partial charge in [-0.25, -0.2) is 4.57 Å². The summed E-state index contributed by atoms with van der Waals surface area (Å²) >= 11 is 0. The summed E-state index contributed by atoms with van der Waals surface area (Å²) < 4.78 is 2.55. The standard InChI is InChI=1S/C25H47N2/c1-5-9-12-15-20-26(21-16-13-10-6-2)25-19-14-17-22-27(25)23-24(8-4)18-11-7-3/h14,17,19,22,24H,5-13,15-16,18,20-21,23H2,1-4H3/q+1. The third kappa shape index (κ3) is 10.2. The maximum absolute atomic E-state index is 2.68. The maximum atomic E-state index is 2.68. The lowest BCUT2D eigenvalue weighted by Gasteiger charge is -2.22. The Morgan fingerprint density at radius 3 is 1.96 bits per heavy atom. The highest BCUT2D eigenvalue weighted by molar-refractivity contribution is 5.32. The summed E-state index contributed by atoms with van der Waals surface area (Å²) in [6.45, 7) is 12.9. The Bertz CT molecular complexity index is 445. The highest BCUT2D eigenvalue weighted by Gasteiger charge is 2.20. The van der Waals surface area contributed by atoms with Gasteiger partial charge in [0, 0.05) is 6.07 Å². The molecule has 156 valence electrons. The van der Waals surface area contributed by atoms with Gasteiger partial charge in [-0.2, -0.15) is 0 Å². The molecule has 1 atom stereocenters. The number of aromatic nitrogens is 1. The molecule has 0 aliphatic carbocycles. The van der Waals surface area contributed by atoms with E-state index < -0.39 is 0 Å². The first-order valence-electron chi connectivity index (χ1n) is 12.0. The molecule has 0 bridgehead atoms. The van der Waals surface area contributed by atoms with Gasteiger partial charge >= 0.3 is 0 Å². The van der Waals surface area contributed by atoms with Crippen molar-refractivity contribution in [3.05, 3.63) is 24.4 Å². The first-order valence-corrected chi connectivity index (χ1v) is 12.0. The Hall–Kier alpha value is -1.05. The number of unbranched alkanes of at least 4 members (excludes halogenated alkanes) is 7. The highest BCUT2D eigenvalue weighted by atomic mass is 15.2. The SMILES string of the molecule is CCCCCCN(CCCCCC)c1cccc[n+]1CC(CC)CCCC. The van der Waals surface area contributed by atoms with Crippen LogP contribution >= 0.6 is 0 Å². The van der Waals surface area contributed by atoms with E-state index in [0.717, 1.165) is 5.92 Å². The van der Waals surface area contributed by atoms with Crippen LogP contribution < -0.4 is 9.47 Å². The summed E-state index contributed by atoms with van der Waals surface area (Å²) in [5.74, 6) is 2.25. The van der Waals surface area contributed by atoms with E-state index in [-0.39, 0.29) is 0 Å². The van der Waals surface area contributed by atoms with Crippen LogP contribution in [0.5, 0.6) is 0 Å². The molecule has 0 aromatic carbocycles. The Kier molecular flexibility index (Phi) is 14.2. The molecule has 1 rings (SSSR count). The van der Waals surface area contributed by atoms with E-state index in [1.54, 1.807) is 0 Å². The van der Waals surface area contributed by atoms with Gasteiger partial charge in [0.1, 0.15) is 0 Å². The van der Waals surface area contributed by atoms with Crippen LogP contribution in [0.1, 0.15) is 105 Å². The predicted octanol–water partition coefficient (Wildman–Crippen LogP) is 7.16. The summed E-state index contributed by atoms with van der Waals surface area (Å²) in [4.78, 5) is 2.68. The zero-order valence-corrected chi connectivity index (χ0v) is 18.9. The fourth-order valence-corrected chi connectivity index (χ4v) is 3.90. The molecule has 0 radical (unpaired) electrons. The van der Waals surface area contributed by atoms with Gasteiger partial charge in [0.2, 0.25) is 0 Å². The van der Waals surface area contributed by atoms with E-state index in [2.05, 4.69) is 61.6 Å². The van der Waals surface area contributed by atoms with Crippen LogP contribution in [0.2, 0.25) is 0 Å². The molecule has 1 unspecified atom stereocenters. The minimum atomic E-state index is 0.804. The minimum absolute atomic E-state index is 0.804. The zero-order valence-electron chi connectivity index (χ0n) is 18.9. The maximum Gasteiger partial charge on any atom is 0.276 e. The minimum Gasteiger partial charge on any atom is -0.262 e. The molecule has 0 aliphatic heterocycles. The monoisotopic (exact) mass is 375 g/mol. The van der Waals surface area contributed by atoms with Crippen LogP contribution in [-0.2, 0) is 6.54 Å². The van der Waals surface area contributed by atoms with Crippen molar-refractivity contribution < 1.29 is 4.57 Å². The van der Waals surface area contributed by atoms with Crippen molar-refractivity contribution in [1.82, 2.24) is 0 Å². The fourth-order valence-electron chi connectivity index (χ4n) is 3.90. The van der Waals surface area contributed by atoms with Crippen molar-refractivity contribution in [1.29, 1.82) is 0 Å². The molecular formula is C25H47N2+. The molecule has 1 aromatic rings. The molecule has 0 amide bonds. The zero-order chi connectivity index (χ0) is 19.7. The third-order valence-electron chi connectivity index (χ3n) is 5.80. The summed E-state index contributed by atoms with van der Waals surface area (Å²) in [6.07, 6.45) is 18.4. The van der Waals surface area contributed by atoms with Crippen LogP contribution in [0.4, 0.5) is 5.82 Å². The van der Waals surface area contributed by atoms with Gasteiger partial charge in [0.15, 0.2) is 0 Å². The Balaban J connectivity index is 2.81. The molecular weight excluding hydrogens is 328 g/mol. The number of hydrogen-bond donors (Lipinski definition) is 0. The summed E-state index contributed by atoms with van der Waals surface area (Å²) in [6, 6.07) is 6.79. The van der Waals surface area contributed by atoms with Gasteiger partial charge in [-0.05, 0) is 50.5 Å². The molecule has 27 heavy (non-hydrogen) atoms. The van der Waals surface area contributed by atoms with Crippen molar-refractivity contribution in [3.63, 3.8) is 0 Å². The average Bonchev–Trinajstić information content (AvgIpc) is 2.70. The number of anilines is 1. The number of nitrogens with zero attached hydrogens (tertiary/aromatic N) is 2. The number of rotatable bonds is 17. The lowest BCUT2D eigenvalue weighted by atomic mass is 9.99. The van der Waals surface area contributed by atoms with Crippen molar-refractivity contribution in [3.8, 4) is 0 Å². The third-order valence-corrected chi connectivity index (χ3v) is 5.80. The molecule has 0 fully saturated rings. The van der Waals surface area contributed by atoms with Crippen LogP contribution in [0.15, 0.2) is 24.4 Å². The molecule has 0 saturated carbocycles. The average molecular weight is 376 g/mol. The van der Waals surface area contributed by atoms with Crippen molar-refractivity contribution in [2.45, 2.75) is 111 Å². The molecule has 0 spiro atoms. The number of hydrogen-bond acceptors (Lipinski definition) is 1. The lowest BCUT2D eigenvalue weighted by molar-refractivity contribution is -0.691. The van der Waals surface area contributed by atoms with E-state index >= 15 is 0 Å². The topological polar surface area (TPSA) is 7.12 Å². The molecule has 1 heterocycles. The second-order valence-electron chi connectivity index (χ2n) is 8.24. The highest BCUT2D eigenvalue weighted by Crippen LogP contribution is 2.17. The fraction of sp³-hybridized carbons (Fsp3) is 0.800. The molecule has 0 N–H and O–H groups in total. The van der Waals surface area contributed by atoms with Crippen LogP contribution in [0.3, 0.4) is 0 Å². The first kappa shape index (κ1) is 24.0.